The van der Waals surface area contributed by atoms with Crippen LogP contribution in [0.2, 0.25) is 0 Å². The molecule has 1 aromatic carbocycles. The Morgan fingerprint density at radius 3 is 2.64 bits per heavy atom. The first-order valence-electron chi connectivity index (χ1n) is 6.90. The van der Waals surface area contributed by atoms with Gasteiger partial charge in [-0.2, -0.15) is 5.10 Å². The van der Waals surface area contributed by atoms with Gasteiger partial charge in [-0.25, -0.2) is 4.79 Å². The van der Waals surface area contributed by atoms with Gasteiger partial charge in [-0.1, -0.05) is 0 Å². The number of hydrogen-bond donors (Lipinski definition) is 0. The number of carbonyl (C=O) groups excluding carboxylic acids is 2. The molecule has 0 N–H and O–H groups in total. The summed E-state index contributed by atoms with van der Waals surface area (Å²) in [4.78, 5) is 25.1. The Morgan fingerprint density at radius 2 is 2.05 bits per heavy atom. The lowest BCUT2D eigenvalue weighted by atomic mass is 10.1. The van der Waals surface area contributed by atoms with Crippen molar-refractivity contribution in [3.8, 4) is 0 Å². The van der Waals surface area contributed by atoms with Crippen molar-refractivity contribution in [1.82, 2.24) is 9.78 Å². The van der Waals surface area contributed by atoms with E-state index in [1.165, 1.54) is 6.08 Å². The van der Waals surface area contributed by atoms with E-state index in [0.29, 0.717) is 18.7 Å². The third kappa shape index (κ3) is 2.76. The highest BCUT2D eigenvalue weighted by Crippen LogP contribution is 2.19. The minimum atomic E-state index is -0.352. The number of ether oxygens (including phenoxy) is 1. The first-order valence-corrected chi connectivity index (χ1v) is 6.90. The summed E-state index contributed by atoms with van der Waals surface area (Å²) in [5.41, 5.74) is 2.15. The van der Waals surface area contributed by atoms with Crippen LogP contribution in [0.25, 0.3) is 6.08 Å². The number of aryl methyl sites for hydroxylation is 1. The van der Waals surface area contributed by atoms with Gasteiger partial charge in [-0.3, -0.25) is 14.4 Å². The van der Waals surface area contributed by atoms with Gasteiger partial charge in [0.2, 0.25) is 0 Å². The van der Waals surface area contributed by atoms with E-state index in [1.54, 1.807) is 46.1 Å². The summed E-state index contributed by atoms with van der Waals surface area (Å²) in [7, 11) is 1.81. The summed E-state index contributed by atoms with van der Waals surface area (Å²) in [5, 5.41) is 4.03. The molecular formula is C16H15N3O3. The summed E-state index contributed by atoms with van der Waals surface area (Å²) >= 11 is 0. The van der Waals surface area contributed by atoms with E-state index in [1.807, 2.05) is 13.1 Å². The third-order valence-electron chi connectivity index (χ3n) is 3.49. The number of hydrogen-bond acceptors (Lipinski definition) is 4. The molecule has 0 radical (unpaired) electrons. The maximum atomic E-state index is 12.1. The topological polar surface area (TPSA) is 64.4 Å². The molecule has 112 valence electrons. The lowest BCUT2D eigenvalue weighted by Crippen LogP contribution is -2.23. The van der Waals surface area contributed by atoms with Gasteiger partial charge in [0, 0.05) is 24.5 Å². The average molecular weight is 297 g/mol. The van der Waals surface area contributed by atoms with E-state index in [0.717, 1.165) is 11.4 Å². The fourth-order valence-corrected chi connectivity index (χ4v) is 2.24. The van der Waals surface area contributed by atoms with Gasteiger partial charge >= 0.3 is 6.09 Å². The average Bonchev–Trinajstić information content (AvgIpc) is 3.13. The normalized spacial score (nSPS) is 14.6. The van der Waals surface area contributed by atoms with Crippen molar-refractivity contribution in [3.05, 3.63) is 53.9 Å². The zero-order chi connectivity index (χ0) is 15.5. The summed E-state index contributed by atoms with van der Waals surface area (Å²) < 4.78 is 6.58. The van der Waals surface area contributed by atoms with Crippen molar-refractivity contribution in [2.24, 2.45) is 7.05 Å². The van der Waals surface area contributed by atoms with Crippen LogP contribution in [0.3, 0.4) is 0 Å². The second-order valence-corrected chi connectivity index (χ2v) is 4.89. The van der Waals surface area contributed by atoms with Crippen LogP contribution in [0.5, 0.6) is 0 Å². The van der Waals surface area contributed by atoms with Gasteiger partial charge in [0.25, 0.3) is 0 Å². The number of anilines is 1. The predicted molar refractivity (Wildman–Crippen MR) is 81.7 cm³/mol. The number of allylic oxidation sites excluding steroid dienone is 1. The molecule has 0 saturated carbocycles. The van der Waals surface area contributed by atoms with E-state index < -0.39 is 0 Å². The maximum Gasteiger partial charge on any atom is 0.414 e. The molecule has 3 rings (SSSR count). The lowest BCUT2D eigenvalue weighted by Gasteiger charge is -2.12. The molecule has 2 heterocycles. The minimum absolute atomic E-state index is 0.100. The van der Waals surface area contributed by atoms with Crippen LogP contribution in [-0.2, 0) is 11.8 Å². The molecule has 0 atom stereocenters. The summed E-state index contributed by atoms with van der Waals surface area (Å²) in [5.74, 6) is -0.100. The monoisotopic (exact) mass is 297 g/mol. The number of ketones is 1. The van der Waals surface area contributed by atoms with E-state index >= 15 is 0 Å². The van der Waals surface area contributed by atoms with Gasteiger partial charge in [-0.15, -0.1) is 0 Å². The highest BCUT2D eigenvalue weighted by molar-refractivity contribution is 6.07. The molecule has 2 aromatic rings. The number of cyclic esters (lactones) is 1. The molecule has 0 spiro atoms. The molecule has 1 amide bonds. The Morgan fingerprint density at radius 1 is 1.27 bits per heavy atom. The molecule has 1 aromatic heterocycles. The Hall–Kier alpha value is -2.89. The Labute approximate surface area is 127 Å². The molecule has 0 aliphatic carbocycles. The molecule has 22 heavy (non-hydrogen) atoms. The smallest absolute Gasteiger partial charge is 0.414 e. The fourth-order valence-electron chi connectivity index (χ4n) is 2.24. The van der Waals surface area contributed by atoms with Crippen molar-refractivity contribution in [1.29, 1.82) is 0 Å². The standard InChI is InChI=1S/C16H15N3O3/c1-18-13(8-9-17-18)6-7-15(20)12-2-4-14(5-3-12)19-10-11-22-16(19)21/h2-9H,10-11H2,1H3. The highest BCUT2D eigenvalue weighted by atomic mass is 16.6. The SMILES string of the molecule is Cn1nccc1C=CC(=O)c1ccc(N2CCOC2=O)cc1. The van der Waals surface area contributed by atoms with Crippen LogP contribution in [-0.4, -0.2) is 34.8 Å². The van der Waals surface area contributed by atoms with Gasteiger partial charge in [0.05, 0.1) is 12.2 Å². The fraction of sp³-hybridized carbons (Fsp3) is 0.188. The van der Waals surface area contributed by atoms with Gasteiger partial charge < -0.3 is 4.74 Å². The molecule has 1 aliphatic heterocycles. The van der Waals surface area contributed by atoms with Gasteiger partial charge in [0.15, 0.2) is 5.78 Å². The van der Waals surface area contributed by atoms with Crippen molar-refractivity contribution in [3.63, 3.8) is 0 Å². The molecular weight excluding hydrogens is 282 g/mol. The van der Waals surface area contributed by atoms with E-state index in [2.05, 4.69) is 5.10 Å². The number of amides is 1. The summed E-state index contributed by atoms with van der Waals surface area (Å²) in [6.45, 7) is 0.930. The highest BCUT2D eigenvalue weighted by Gasteiger charge is 2.23. The Bertz CT molecular complexity index is 731. The molecule has 0 unspecified atom stereocenters. The first-order chi connectivity index (χ1) is 10.6. The number of carbonyl (C=O) groups is 2. The largest absolute Gasteiger partial charge is 0.447 e. The second-order valence-electron chi connectivity index (χ2n) is 4.89. The number of rotatable bonds is 4. The first kappa shape index (κ1) is 14.1. The quantitative estimate of drug-likeness (QED) is 0.641. The summed E-state index contributed by atoms with van der Waals surface area (Å²) in [6, 6.07) is 8.73. The number of aromatic nitrogens is 2. The maximum absolute atomic E-state index is 12.1. The molecule has 0 bridgehead atoms. The van der Waals surface area contributed by atoms with Crippen LogP contribution in [0, 0.1) is 0 Å². The van der Waals surface area contributed by atoms with Crippen LogP contribution in [0.1, 0.15) is 16.1 Å². The Balaban J connectivity index is 1.72. The number of benzene rings is 1. The van der Waals surface area contributed by atoms with Crippen molar-refractivity contribution < 1.29 is 14.3 Å². The zero-order valence-corrected chi connectivity index (χ0v) is 12.1. The van der Waals surface area contributed by atoms with Crippen molar-refractivity contribution in [2.75, 3.05) is 18.1 Å². The predicted octanol–water partition coefficient (Wildman–Crippen LogP) is 2.27. The lowest BCUT2D eigenvalue weighted by molar-refractivity contribution is 0.104. The summed E-state index contributed by atoms with van der Waals surface area (Å²) in [6.07, 6.45) is 4.56. The van der Waals surface area contributed by atoms with Gasteiger partial charge in [0.1, 0.15) is 6.61 Å². The van der Waals surface area contributed by atoms with Crippen LogP contribution < -0.4 is 4.90 Å². The van der Waals surface area contributed by atoms with Crippen LogP contribution in [0.15, 0.2) is 42.6 Å². The van der Waals surface area contributed by atoms with Crippen molar-refractivity contribution in [2.45, 2.75) is 0 Å². The Kier molecular flexibility index (Phi) is 3.74. The zero-order valence-electron chi connectivity index (χ0n) is 12.1. The molecule has 6 nitrogen and oxygen atoms in total. The molecule has 1 fully saturated rings. The third-order valence-corrected chi connectivity index (χ3v) is 3.49. The van der Waals surface area contributed by atoms with Crippen LogP contribution >= 0.6 is 0 Å². The molecule has 1 saturated heterocycles. The van der Waals surface area contributed by atoms with Crippen LogP contribution in [0.4, 0.5) is 10.5 Å². The van der Waals surface area contributed by atoms with Crippen molar-refractivity contribution >= 4 is 23.6 Å². The van der Waals surface area contributed by atoms with E-state index in [4.69, 9.17) is 4.74 Å². The molecule has 6 heteroatoms. The number of nitrogens with zero attached hydrogens (tertiary/aromatic N) is 3. The second kappa shape index (κ2) is 5.85. The van der Waals surface area contributed by atoms with E-state index in [-0.39, 0.29) is 11.9 Å². The van der Waals surface area contributed by atoms with E-state index in [9.17, 15) is 9.59 Å². The molecule has 1 aliphatic rings. The van der Waals surface area contributed by atoms with Gasteiger partial charge in [-0.05, 0) is 42.5 Å². The minimum Gasteiger partial charge on any atom is -0.447 e.